The van der Waals surface area contributed by atoms with Crippen molar-refractivity contribution in [3.05, 3.63) is 51.5 Å². The second kappa shape index (κ2) is 9.20. The van der Waals surface area contributed by atoms with Crippen molar-refractivity contribution in [2.24, 2.45) is 0 Å². The number of esters is 2. The van der Waals surface area contributed by atoms with Crippen LogP contribution in [0.3, 0.4) is 0 Å². The van der Waals surface area contributed by atoms with Crippen molar-refractivity contribution in [2.75, 3.05) is 5.73 Å². The molecule has 1 aromatic carbocycles. The minimum atomic E-state index is -1.08. The Morgan fingerprint density at radius 3 is 2.67 bits per heavy atom. The van der Waals surface area contributed by atoms with E-state index in [9.17, 15) is 14.4 Å². The van der Waals surface area contributed by atoms with E-state index >= 15 is 0 Å². The molecule has 174 valence electrons. The number of carbonyl (C=O) groups is 2. The van der Waals surface area contributed by atoms with Crippen LogP contribution in [0.25, 0.3) is 11.2 Å². The van der Waals surface area contributed by atoms with Gasteiger partial charge < -0.3 is 19.9 Å². The smallest absolute Gasteiger partial charge is 0.332 e. The van der Waals surface area contributed by atoms with E-state index in [1.807, 2.05) is 0 Å². The predicted molar refractivity (Wildman–Crippen MR) is 117 cm³/mol. The van der Waals surface area contributed by atoms with Crippen molar-refractivity contribution in [3.8, 4) is 0 Å². The summed E-state index contributed by atoms with van der Waals surface area (Å²) in [5.74, 6) is -1.09. The van der Waals surface area contributed by atoms with Crippen LogP contribution in [0.4, 0.5) is 5.95 Å². The lowest BCUT2D eigenvalue weighted by molar-refractivity contribution is -0.183. The average Bonchev–Trinajstić information content (AvgIpc) is 3.26. The fourth-order valence-electron chi connectivity index (χ4n) is 3.68. The number of nitrogens with two attached hydrogens (primary N) is 1. The molecule has 1 fully saturated rings. The summed E-state index contributed by atoms with van der Waals surface area (Å²) in [7, 11) is 0. The van der Waals surface area contributed by atoms with E-state index in [1.165, 1.54) is 22.3 Å². The molecule has 0 radical (unpaired) electrons. The molecule has 11 nitrogen and oxygen atoms in total. The molecule has 2 N–H and O–H groups in total. The first-order chi connectivity index (χ1) is 15.8. The molecular formula is C21H22ClN5O6. The summed E-state index contributed by atoms with van der Waals surface area (Å²) < 4.78 is 19.2. The van der Waals surface area contributed by atoms with Gasteiger partial charge in [0.2, 0.25) is 12.2 Å². The van der Waals surface area contributed by atoms with Crippen molar-refractivity contribution >= 4 is 40.7 Å². The molecule has 0 aliphatic carbocycles. The normalized spacial score (nSPS) is 20.2. The quantitative estimate of drug-likeness (QED) is 0.530. The summed E-state index contributed by atoms with van der Waals surface area (Å²) in [4.78, 5) is 45.3. The minimum absolute atomic E-state index is 0.0455. The maximum atomic E-state index is 13.5. The summed E-state index contributed by atoms with van der Waals surface area (Å²) in [6, 6.07) is 7.03. The number of benzene rings is 1. The lowest BCUT2D eigenvalue weighted by Gasteiger charge is -2.19. The Bertz CT molecular complexity index is 1250. The van der Waals surface area contributed by atoms with Gasteiger partial charge in [-0.25, -0.2) is 14.3 Å². The fourth-order valence-corrected chi connectivity index (χ4v) is 3.81. The lowest BCUT2D eigenvalue weighted by Crippen LogP contribution is -2.34. The third kappa shape index (κ3) is 4.69. The largest absolute Gasteiger partial charge is 0.457 e. The Balaban J connectivity index is 1.79. The highest BCUT2D eigenvalue weighted by molar-refractivity contribution is 6.30. The van der Waals surface area contributed by atoms with Gasteiger partial charge in [-0.3, -0.25) is 14.2 Å². The van der Waals surface area contributed by atoms with Crippen molar-refractivity contribution in [1.82, 2.24) is 19.1 Å². The summed E-state index contributed by atoms with van der Waals surface area (Å²) >= 11 is 5.97. The highest BCUT2D eigenvalue weighted by atomic mass is 35.5. The number of rotatable bonds is 6. The van der Waals surface area contributed by atoms with Crippen LogP contribution in [0.1, 0.15) is 38.5 Å². The zero-order valence-electron chi connectivity index (χ0n) is 17.9. The zero-order valence-corrected chi connectivity index (χ0v) is 18.7. The number of nitrogen functional groups attached to an aromatic ring is 1. The van der Waals surface area contributed by atoms with Crippen LogP contribution in [0.15, 0.2) is 35.3 Å². The second-order valence-corrected chi connectivity index (χ2v) is 7.92. The van der Waals surface area contributed by atoms with E-state index in [1.54, 1.807) is 31.2 Å². The SMILES string of the molecule is CCC(=O)O[C@H]1C[C@@H](OC(C)=O)[C@H](n2c(=O)n(Cc3ccc(Cl)cc3)c3cnc(N)nc32)O1. The van der Waals surface area contributed by atoms with Crippen LogP contribution in [-0.4, -0.2) is 43.4 Å². The van der Waals surface area contributed by atoms with Gasteiger partial charge >= 0.3 is 17.6 Å². The molecule has 2 aromatic heterocycles. The standard InChI is InChI=1S/C21H22ClN5O6/c1-3-16(29)32-17-8-15(31-11(2)28)19(33-17)27-18-14(9-24-20(23)25-18)26(21(27)30)10-12-4-6-13(22)7-5-12/h4-7,9,15,17,19H,3,8,10H2,1-2H3,(H2,23,24,25)/t15-,17-,19-/m1/s1. The molecule has 3 aromatic rings. The number of hydrogen-bond acceptors (Lipinski definition) is 9. The zero-order chi connectivity index (χ0) is 23.7. The Labute approximate surface area is 193 Å². The van der Waals surface area contributed by atoms with Crippen LogP contribution in [-0.2, 0) is 30.3 Å². The van der Waals surface area contributed by atoms with Gasteiger partial charge in [-0.05, 0) is 17.7 Å². The molecule has 3 heterocycles. The van der Waals surface area contributed by atoms with Gasteiger partial charge in [0.05, 0.1) is 19.2 Å². The molecule has 4 rings (SSSR count). The molecule has 0 spiro atoms. The third-order valence-corrected chi connectivity index (χ3v) is 5.39. The maximum absolute atomic E-state index is 13.5. The summed E-state index contributed by atoms with van der Waals surface area (Å²) in [5.41, 5.74) is 6.73. The lowest BCUT2D eigenvalue weighted by atomic mass is 10.2. The van der Waals surface area contributed by atoms with Crippen LogP contribution < -0.4 is 11.4 Å². The van der Waals surface area contributed by atoms with Gasteiger partial charge in [-0.1, -0.05) is 30.7 Å². The highest BCUT2D eigenvalue weighted by Gasteiger charge is 2.43. The second-order valence-electron chi connectivity index (χ2n) is 7.49. The van der Waals surface area contributed by atoms with E-state index in [4.69, 9.17) is 31.5 Å². The van der Waals surface area contributed by atoms with E-state index in [2.05, 4.69) is 9.97 Å². The van der Waals surface area contributed by atoms with Crippen molar-refractivity contribution in [2.45, 2.75) is 51.9 Å². The van der Waals surface area contributed by atoms with Crippen molar-refractivity contribution in [3.63, 3.8) is 0 Å². The van der Waals surface area contributed by atoms with Crippen molar-refractivity contribution in [1.29, 1.82) is 0 Å². The monoisotopic (exact) mass is 475 g/mol. The first-order valence-corrected chi connectivity index (χ1v) is 10.6. The fraction of sp³-hybridized carbons (Fsp3) is 0.381. The molecule has 12 heteroatoms. The number of fused-ring (bicyclic) bond motifs is 1. The minimum Gasteiger partial charge on any atom is -0.457 e. The molecule has 1 aliphatic rings. The van der Waals surface area contributed by atoms with E-state index in [-0.39, 0.29) is 31.0 Å². The number of aromatic nitrogens is 4. The van der Waals surface area contributed by atoms with Gasteiger partial charge in [-0.2, -0.15) is 4.98 Å². The number of imidazole rings is 1. The van der Waals surface area contributed by atoms with Gasteiger partial charge in [-0.15, -0.1) is 0 Å². The number of halogens is 1. The van der Waals surface area contributed by atoms with Crippen LogP contribution in [0.5, 0.6) is 0 Å². The number of carbonyl (C=O) groups excluding carboxylic acids is 2. The molecule has 0 bridgehead atoms. The number of nitrogens with zero attached hydrogens (tertiary/aromatic N) is 4. The van der Waals surface area contributed by atoms with E-state index in [0.717, 1.165) is 5.56 Å². The maximum Gasteiger partial charge on any atom is 0.332 e. The summed E-state index contributed by atoms with van der Waals surface area (Å²) in [6.07, 6.45) is -1.32. The van der Waals surface area contributed by atoms with Crippen LogP contribution in [0, 0.1) is 0 Å². The number of ether oxygens (including phenoxy) is 3. The molecule has 3 atom stereocenters. The Morgan fingerprint density at radius 2 is 2.00 bits per heavy atom. The first-order valence-electron chi connectivity index (χ1n) is 10.3. The van der Waals surface area contributed by atoms with E-state index in [0.29, 0.717) is 10.5 Å². The van der Waals surface area contributed by atoms with Gasteiger partial charge in [0, 0.05) is 18.4 Å². The van der Waals surface area contributed by atoms with Gasteiger partial charge in [0.15, 0.2) is 18.0 Å². The van der Waals surface area contributed by atoms with Crippen LogP contribution >= 0.6 is 11.6 Å². The summed E-state index contributed by atoms with van der Waals surface area (Å²) in [6.45, 7) is 3.09. The molecule has 1 aliphatic heterocycles. The summed E-state index contributed by atoms with van der Waals surface area (Å²) in [5, 5.41) is 0.570. The average molecular weight is 476 g/mol. The molecule has 33 heavy (non-hydrogen) atoms. The van der Waals surface area contributed by atoms with E-state index < -0.39 is 36.3 Å². The third-order valence-electron chi connectivity index (χ3n) is 5.14. The Kier molecular flexibility index (Phi) is 6.34. The number of hydrogen-bond donors (Lipinski definition) is 1. The first kappa shape index (κ1) is 22.7. The highest BCUT2D eigenvalue weighted by Crippen LogP contribution is 2.33. The van der Waals surface area contributed by atoms with Crippen LogP contribution in [0.2, 0.25) is 5.02 Å². The topological polar surface area (TPSA) is 141 Å². The predicted octanol–water partition coefficient (Wildman–Crippen LogP) is 2.01. The Hall–Kier alpha value is -3.44. The number of anilines is 1. The Morgan fingerprint density at radius 1 is 1.27 bits per heavy atom. The van der Waals surface area contributed by atoms with Gasteiger partial charge in [0.1, 0.15) is 5.52 Å². The molecule has 0 unspecified atom stereocenters. The van der Waals surface area contributed by atoms with Crippen molar-refractivity contribution < 1.29 is 23.8 Å². The molecular weight excluding hydrogens is 454 g/mol. The molecule has 1 saturated heterocycles. The molecule has 0 saturated carbocycles. The van der Waals surface area contributed by atoms with Gasteiger partial charge in [0.25, 0.3) is 0 Å². The molecule has 0 amide bonds.